The van der Waals surface area contributed by atoms with Crippen LogP contribution >= 0.6 is 7.75 Å². The Morgan fingerprint density at radius 1 is 1.26 bits per heavy atom. The number of H-pyrrole nitrogens is 1. The molecule has 1 aromatic heterocycles. The molecule has 0 saturated carbocycles. The number of benzene rings is 2. The van der Waals surface area contributed by atoms with Gasteiger partial charge in [0.25, 0.3) is 5.56 Å². The number of carbonyl (C=O) groups is 1. The molecule has 0 amide bonds. The molecule has 1 saturated heterocycles. The van der Waals surface area contributed by atoms with E-state index in [9.17, 15) is 24.1 Å². The Morgan fingerprint density at radius 3 is 2.67 bits per heavy atom. The van der Waals surface area contributed by atoms with Crippen LogP contribution in [0.25, 0.3) is 10.8 Å². The Balaban J connectivity index is 1.60. The number of carbonyl (C=O) groups excluding carboxylic acids is 1. The Kier molecular flexibility index (Phi) is 9.24. The summed E-state index contributed by atoms with van der Waals surface area (Å²) in [6, 6.07) is 12.6. The molecule has 0 aliphatic carbocycles. The molecule has 2 aromatic carbocycles. The van der Waals surface area contributed by atoms with Crippen molar-refractivity contribution in [3.05, 3.63) is 88.2 Å². The maximum absolute atomic E-state index is 14.3. The fourth-order valence-electron chi connectivity index (χ4n) is 4.37. The van der Waals surface area contributed by atoms with E-state index in [0.717, 1.165) is 16.0 Å². The highest BCUT2D eigenvalue weighted by Crippen LogP contribution is 2.49. The maximum Gasteiger partial charge on any atom is 0.459 e. The number of aromatic amines is 1. The van der Waals surface area contributed by atoms with Crippen molar-refractivity contribution >= 4 is 24.5 Å². The second kappa shape index (κ2) is 12.4. The zero-order valence-corrected chi connectivity index (χ0v) is 24.8. The topological polar surface area (TPSA) is 158 Å². The number of fused-ring (bicyclic) bond motifs is 1. The lowest BCUT2D eigenvalue weighted by Gasteiger charge is -2.29. The first-order chi connectivity index (χ1) is 19.7. The average molecular weight is 602 g/mol. The van der Waals surface area contributed by atoms with Gasteiger partial charge in [-0.15, -0.1) is 6.58 Å². The van der Waals surface area contributed by atoms with E-state index in [4.69, 9.17) is 18.5 Å². The van der Waals surface area contributed by atoms with Crippen molar-refractivity contribution in [2.45, 2.75) is 58.1 Å². The van der Waals surface area contributed by atoms with Gasteiger partial charge in [-0.2, -0.15) is 5.09 Å². The molecule has 0 spiro atoms. The summed E-state index contributed by atoms with van der Waals surface area (Å²) in [5.74, 6) is -0.407. The van der Waals surface area contributed by atoms with Gasteiger partial charge in [-0.25, -0.2) is 9.36 Å². The molecule has 13 heteroatoms. The smallest absolute Gasteiger partial charge is 0.459 e. The van der Waals surface area contributed by atoms with Crippen molar-refractivity contribution in [3.63, 3.8) is 0 Å². The summed E-state index contributed by atoms with van der Waals surface area (Å²) in [5, 5.41) is 14.9. The number of nitrogens with one attached hydrogen (secondary N) is 2. The molecule has 0 bridgehead atoms. The van der Waals surface area contributed by atoms with Gasteiger partial charge in [-0.1, -0.05) is 63.2 Å². The lowest BCUT2D eigenvalue weighted by molar-refractivity contribution is -0.148. The second-order valence-corrected chi connectivity index (χ2v) is 13.1. The normalized spacial score (nSPS) is 22.8. The van der Waals surface area contributed by atoms with Crippen molar-refractivity contribution in [1.29, 1.82) is 0 Å². The van der Waals surface area contributed by atoms with Crippen LogP contribution in [0.4, 0.5) is 0 Å². The molecule has 1 aliphatic heterocycles. The number of nitrogens with zero attached hydrogens (tertiary/aromatic N) is 1. The standard InChI is InChI=1S/C29H36N3O9P/c1-6-29(16-22(33)25(40-29)32-15-14-24(34)30-27(32)36)18-39-42(37,31-19(2)26(35)38-17-28(3,4)5)41-23-13-9-11-20-10-7-8-12-21(20)23/h6-15,19,22,25,33H,1,16-18H2,2-5H3,(H,31,37)(H,30,34,36)/t19-,22+,25+,29-,42?/m0/s1. The van der Waals surface area contributed by atoms with Crippen molar-refractivity contribution in [3.8, 4) is 5.75 Å². The number of rotatable bonds is 11. The summed E-state index contributed by atoms with van der Waals surface area (Å²) in [6.45, 7) is 10.7. The molecular weight excluding hydrogens is 565 g/mol. The maximum atomic E-state index is 14.3. The largest absolute Gasteiger partial charge is 0.464 e. The van der Waals surface area contributed by atoms with Gasteiger partial charge in [0.15, 0.2) is 6.23 Å². The van der Waals surface area contributed by atoms with Crippen LogP contribution in [0.15, 0.2) is 77.0 Å². The second-order valence-electron chi connectivity index (χ2n) is 11.4. The van der Waals surface area contributed by atoms with Crippen LogP contribution in [0.1, 0.15) is 40.3 Å². The van der Waals surface area contributed by atoms with Gasteiger partial charge in [0, 0.05) is 24.1 Å². The van der Waals surface area contributed by atoms with E-state index in [0.29, 0.717) is 5.39 Å². The first-order valence-corrected chi connectivity index (χ1v) is 14.9. The molecule has 1 aliphatic rings. The first kappa shape index (κ1) is 31.4. The SMILES string of the molecule is C=C[C@@]1(COP(=O)(N[C@@H](C)C(=O)OCC(C)(C)C)Oc2cccc3ccccc23)C[C@@H](O)[C@H](n2ccc(=O)[nH]c2=O)O1. The van der Waals surface area contributed by atoms with E-state index in [1.54, 1.807) is 24.3 Å². The number of aliphatic hydroxyl groups is 1. The molecule has 42 heavy (non-hydrogen) atoms. The lowest BCUT2D eigenvalue weighted by Crippen LogP contribution is -2.39. The summed E-state index contributed by atoms with van der Waals surface area (Å²) in [6.07, 6.45) is 0.109. The summed E-state index contributed by atoms with van der Waals surface area (Å²) in [4.78, 5) is 38.7. The Hall–Kier alpha value is -3.54. The van der Waals surface area contributed by atoms with E-state index in [-0.39, 0.29) is 24.2 Å². The van der Waals surface area contributed by atoms with Gasteiger partial charge in [0.1, 0.15) is 23.5 Å². The van der Waals surface area contributed by atoms with E-state index >= 15 is 0 Å². The van der Waals surface area contributed by atoms with Gasteiger partial charge in [0.05, 0.1) is 13.2 Å². The van der Waals surface area contributed by atoms with Crippen LogP contribution < -0.4 is 20.9 Å². The number of aliphatic hydroxyl groups excluding tert-OH is 1. The van der Waals surface area contributed by atoms with Gasteiger partial charge in [0.2, 0.25) is 0 Å². The predicted molar refractivity (Wildman–Crippen MR) is 156 cm³/mol. The fraction of sp³-hybridized carbons (Fsp3) is 0.414. The van der Waals surface area contributed by atoms with Crippen LogP contribution in [-0.2, 0) is 23.4 Å². The van der Waals surface area contributed by atoms with Crippen molar-refractivity contribution in [1.82, 2.24) is 14.6 Å². The predicted octanol–water partition coefficient (Wildman–Crippen LogP) is 3.67. The highest BCUT2D eigenvalue weighted by atomic mass is 31.2. The molecular formula is C29H36N3O9P. The Bertz CT molecular complexity index is 1610. The summed E-state index contributed by atoms with van der Waals surface area (Å²) >= 11 is 0. The molecule has 226 valence electrons. The van der Waals surface area contributed by atoms with Crippen LogP contribution in [0.3, 0.4) is 0 Å². The zero-order chi connectivity index (χ0) is 30.7. The van der Waals surface area contributed by atoms with E-state index in [1.165, 1.54) is 19.2 Å². The van der Waals surface area contributed by atoms with Crippen LogP contribution in [0.5, 0.6) is 5.75 Å². The van der Waals surface area contributed by atoms with Crippen molar-refractivity contribution in [2.75, 3.05) is 13.2 Å². The summed E-state index contributed by atoms with van der Waals surface area (Å²) < 4.78 is 38.5. The van der Waals surface area contributed by atoms with Crippen LogP contribution in [0, 0.1) is 5.41 Å². The van der Waals surface area contributed by atoms with E-state index < -0.39 is 55.5 Å². The number of esters is 1. The quantitative estimate of drug-likeness (QED) is 0.168. The van der Waals surface area contributed by atoms with Crippen molar-refractivity contribution < 1.29 is 33.0 Å². The third-order valence-electron chi connectivity index (χ3n) is 6.54. The molecule has 12 nitrogen and oxygen atoms in total. The lowest BCUT2D eigenvalue weighted by atomic mass is 9.99. The van der Waals surface area contributed by atoms with Gasteiger partial charge < -0.3 is 19.1 Å². The number of aromatic nitrogens is 2. The fourth-order valence-corrected chi connectivity index (χ4v) is 5.93. The monoisotopic (exact) mass is 601 g/mol. The minimum atomic E-state index is -4.33. The summed E-state index contributed by atoms with van der Waals surface area (Å²) in [5.41, 5.74) is -3.07. The minimum absolute atomic E-state index is 0.0792. The molecule has 1 unspecified atom stereocenters. The van der Waals surface area contributed by atoms with Crippen LogP contribution in [0.2, 0.25) is 0 Å². The molecule has 5 atom stereocenters. The zero-order valence-electron chi connectivity index (χ0n) is 23.9. The number of hydrogen-bond donors (Lipinski definition) is 3. The molecule has 0 radical (unpaired) electrons. The third-order valence-corrected chi connectivity index (χ3v) is 8.15. The highest BCUT2D eigenvalue weighted by molar-refractivity contribution is 7.52. The molecule has 3 N–H and O–H groups in total. The highest BCUT2D eigenvalue weighted by Gasteiger charge is 2.47. The van der Waals surface area contributed by atoms with Gasteiger partial charge >= 0.3 is 19.4 Å². The molecule has 3 aromatic rings. The third kappa shape index (κ3) is 7.45. The number of hydrogen-bond acceptors (Lipinski definition) is 9. The number of ether oxygens (including phenoxy) is 2. The van der Waals surface area contributed by atoms with Crippen LogP contribution in [-0.4, -0.2) is 51.6 Å². The van der Waals surface area contributed by atoms with Crippen molar-refractivity contribution in [2.24, 2.45) is 5.41 Å². The molecule has 1 fully saturated rings. The first-order valence-electron chi connectivity index (χ1n) is 13.4. The van der Waals surface area contributed by atoms with Gasteiger partial charge in [-0.05, 0) is 23.8 Å². The average Bonchev–Trinajstić information content (AvgIpc) is 3.27. The van der Waals surface area contributed by atoms with Gasteiger partial charge in [-0.3, -0.25) is 23.7 Å². The van der Waals surface area contributed by atoms with E-state index in [1.807, 2.05) is 39.0 Å². The molecule has 4 rings (SSSR count). The Morgan fingerprint density at radius 2 is 1.98 bits per heavy atom. The minimum Gasteiger partial charge on any atom is -0.464 e. The molecule has 2 heterocycles. The summed E-state index contributed by atoms with van der Waals surface area (Å²) in [7, 11) is -4.33. The van der Waals surface area contributed by atoms with E-state index in [2.05, 4.69) is 16.7 Å². The Labute approximate surface area is 242 Å².